The molecule has 2 fully saturated rings. The Morgan fingerprint density at radius 3 is 2.75 bits per heavy atom. The highest BCUT2D eigenvalue weighted by Crippen LogP contribution is 2.28. The number of halogens is 1. The van der Waals surface area contributed by atoms with Crippen molar-refractivity contribution in [1.82, 2.24) is 5.32 Å². The number of cyclic esters (lactones) is 1. The fraction of sp³-hybridized carbons (Fsp3) is 0.588. The Morgan fingerprint density at radius 2 is 2.08 bits per heavy atom. The molecular weight excluding hydrogens is 313 g/mol. The van der Waals surface area contributed by atoms with Crippen molar-refractivity contribution in [2.75, 3.05) is 49.2 Å². The van der Waals surface area contributed by atoms with E-state index in [0.29, 0.717) is 56.8 Å². The van der Waals surface area contributed by atoms with E-state index in [9.17, 15) is 9.18 Å². The van der Waals surface area contributed by atoms with Gasteiger partial charge < -0.3 is 19.7 Å². The lowest BCUT2D eigenvalue weighted by atomic mass is 10.2. The van der Waals surface area contributed by atoms with Crippen molar-refractivity contribution in [2.45, 2.75) is 26.0 Å². The molecule has 3 rings (SSSR count). The lowest BCUT2D eigenvalue weighted by molar-refractivity contribution is 0.122. The van der Waals surface area contributed by atoms with Crippen LogP contribution < -0.4 is 15.1 Å². The first-order valence-electron chi connectivity index (χ1n) is 8.38. The molecule has 0 aliphatic carbocycles. The van der Waals surface area contributed by atoms with E-state index >= 15 is 0 Å². The lowest BCUT2D eigenvalue weighted by Crippen LogP contribution is -2.37. The number of morpholine rings is 1. The topological polar surface area (TPSA) is 54.0 Å². The fourth-order valence-electron chi connectivity index (χ4n) is 2.93. The number of nitrogens with one attached hydrogen (secondary N) is 1. The summed E-state index contributed by atoms with van der Waals surface area (Å²) in [4.78, 5) is 15.5. The van der Waals surface area contributed by atoms with Gasteiger partial charge in [0.25, 0.3) is 0 Å². The van der Waals surface area contributed by atoms with E-state index < -0.39 is 6.09 Å². The summed E-state index contributed by atoms with van der Waals surface area (Å²) in [6.45, 7) is 7.63. The largest absolute Gasteiger partial charge is 0.443 e. The van der Waals surface area contributed by atoms with E-state index in [2.05, 4.69) is 5.32 Å². The van der Waals surface area contributed by atoms with Crippen LogP contribution in [-0.2, 0) is 9.47 Å². The van der Waals surface area contributed by atoms with Gasteiger partial charge in [0.15, 0.2) is 0 Å². The first-order valence-corrected chi connectivity index (χ1v) is 8.38. The van der Waals surface area contributed by atoms with Crippen LogP contribution in [0, 0.1) is 5.82 Å². The van der Waals surface area contributed by atoms with Gasteiger partial charge in [-0.2, -0.15) is 0 Å². The number of carbonyl (C=O) groups is 1. The normalized spacial score (nSPS) is 21.5. The second-order valence-electron chi connectivity index (χ2n) is 6.41. The molecule has 24 heavy (non-hydrogen) atoms. The van der Waals surface area contributed by atoms with E-state index in [1.54, 1.807) is 12.1 Å². The van der Waals surface area contributed by atoms with Crippen LogP contribution in [0.4, 0.5) is 20.6 Å². The molecule has 0 spiro atoms. The van der Waals surface area contributed by atoms with Crippen LogP contribution in [0.25, 0.3) is 0 Å². The van der Waals surface area contributed by atoms with E-state index in [1.807, 2.05) is 18.7 Å². The van der Waals surface area contributed by atoms with Crippen LogP contribution in [0.2, 0.25) is 0 Å². The van der Waals surface area contributed by atoms with Crippen molar-refractivity contribution in [3.63, 3.8) is 0 Å². The highest BCUT2D eigenvalue weighted by atomic mass is 19.1. The molecule has 2 saturated heterocycles. The van der Waals surface area contributed by atoms with E-state index in [1.165, 1.54) is 11.0 Å². The number of benzene rings is 1. The van der Waals surface area contributed by atoms with Gasteiger partial charge in [0.05, 0.1) is 31.1 Å². The zero-order valence-electron chi connectivity index (χ0n) is 14.1. The second kappa shape index (κ2) is 7.36. The Bertz CT molecular complexity index is 590. The van der Waals surface area contributed by atoms with Crippen LogP contribution in [0.3, 0.4) is 0 Å². The van der Waals surface area contributed by atoms with Gasteiger partial charge in [0.2, 0.25) is 0 Å². The predicted octanol–water partition coefficient (Wildman–Crippen LogP) is 1.99. The van der Waals surface area contributed by atoms with Crippen molar-refractivity contribution in [2.24, 2.45) is 0 Å². The quantitative estimate of drug-likeness (QED) is 0.890. The maximum Gasteiger partial charge on any atom is 0.414 e. The van der Waals surface area contributed by atoms with E-state index in [-0.39, 0.29) is 11.9 Å². The van der Waals surface area contributed by atoms with Gasteiger partial charge in [-0.25, -0.2) is 9.18 Å². The number of hydrogen-bond donors (Lipinski definition) is 1. The lowest BCUT2D eigenvalue weighted by Gasteiger charge is -2.29. The molecule has 2 aliphatic rings. The number of nitrogens with zero attached hydrogens (tertiary/aromatic N) is 2. The summed E-state index contributed by atoms with van der Waals surface area (Å²) in [5.74, 6) is -0.328. The molecule has 0 aromatic heterocycles. The molecule has 1 aromatic carbocycles. The average Bonchev–Trinajstić information content (AvgIpc) is 2.94. The average molecular weight is 337 g/mol. The van der Waals surface area contributed by atoms with Gasteiger partial charge in [-0.3, -0.25) is 4.90 Å². The van der Waals surface area contributed by atoms with Crippen molar-refractivity contribution in [3.05, 3.63) is 24.0 Å². The van der Waals surface area contributed by atoms with Crippen LogP contribution >= 0.6 is 0 Å². The predicted molar refractivity (Wildman–Crippen MR) is 90.2 cm³/mol. The molecule has 0 unspecified atom stereocenters. The Morgan fingerprint density at radius 1 is 1.33 bits per heavy atom. The number of ether oxygens (including phenoxy) is 2. The third-order valence-corrected chi connectivity index (χ3v) is 4.22. The highest BCUT2D eigenvalue weighted by molar-refractivity contribution is 5.90. The maximum atomic E-state index is 14.5. The minimum Gasteiger partial charge on any atom is -0.443 e. The number of amides is 1. The minimum absolute atomic E-state index is 0.220. The third-order valence-electron chi connectivity index (χ3n) is 4.22. The summed E-state index contributed by atoms with van der Waals surface area (Å²) in [6, 6.07) is 5.23. The summed E-state index contributed by atoms with van der Waals surface area (Å²) in [5.41, 5.74) is 1.08. The molecule has 0 bridgehead atoms. The molecule has 132 valence electrons. The number of rotatable bonds is 5. The molecule has 1 amide bonds. The van der Waals surface area contributed by atoms with Gasteiger partial charge in [-0.05, 0) is 18.2 Å². The zero-order valence-corrected chi connectivity index (χ0v) is 14.1. The molecule has 6 nitrogen and oxygen atoms in total. The second-order valence-corrected chi connectivity index (χ2v) is 6.41. The first kappa shape index (κ1) is 17.0. The van der Waals surface area contributed by atoms with E-state index in [0.717, 1.165) is 0 Å². The van der Waals surface area contributed by atoms with Crippen LogP contribution in [0.5, 0.6) is 0 Å². The maximum absolute atomic E-state index is 14.5. The van der Waals surface area contributed by atoms with Gasteiger partial charge in [0.1, 0.15) is 11.9 Å². The smallest absolute Gasteiger partial charge is 0.414 e. The monoisotopic (exact) mass is 337 g/mol. The van der Waals surface area contributed by atoms with Crippen LogP contribution in [0.1, 0.15) is 13.8 Å². The number of anilines is 2. The minimum atomic E-state index is -0.427. The number of hydrogen-bond acceptors (Lipinski definition) is 5. The van der Waals surface area contributed by atoms with Crippen molar-refractivity contribution >= 4 is 17.5 Å². The van der Waals surface area contributed by atoms with Crippen LogP contribution in [-0.4, -0.2) is 57.6 Å². The van der Waals surface area contributed by atoms with E-state index in [4.69, 9.17) is 9.47 Å². The summed E-state index contributed by atoms with van der Waals surface area (Å²) in [6.07, 6.45) is -0.647. The molecule has 7 heteroatoms. The van der Waals surface area contributed by atoms with Gasteiger partial charge >= 0.3 is 6.09 Å². The van der Waals surface area contributed by atoms with Gasteiger partial charge in [-0.1, -0.05) is 13.8 Å². The Balaban J connectivity index is 1.68. The fourth-order valence-corrected chi connectivity index (χ4v) is 2.93. The Kier molecular flexibility index (Phi) is 5.20. The zero-order chi connectivity index (χ0) is 17.1. The Hall–Kier alpha value is -1.86. The summed E-state index contributed by atoms with van der Waals surface area (Å²) in [5, 5.41) is 3.25. The molecule has 1 atom stereocenters. The van der Waals surface area contributed by atoms with Crippen molar-refractivity contribution in [1.29, 1.82) is 0 Å². The summed E-state index contributed by atoms with van der Waals surface area (Å²) < 4.78 is 25.1. The first-order chi connectivity index (χ1) is 11.5. The number of carbonyl (C=O) groups excluding carboxylic acids is 1. The van der Waals surface area contributed by atoms with Crippen molar-refractivity contribution < 1.29 is 18.7 Å². The molecule has 2 aliphatic heterocycles. The molecule has 2 heterocycles. The third kappa shape index (κ3) is 3.79. The summed E-state index contributed by atoms with van der Waals surface area (Å²) >= 11 is 0. The molecule has 1 aromatic rings. The van der Waals surface area contributed by atoms with Gasteiger partial charge in [-0.15, -0.1) is 0 Å². The SMILES string of the molecule is CC(C)NC[C@H]1CN(c2ccc(N3CCOCC3)c(F)c2)C(=O)O1. The molecule has 0 radical (unpaired) electrons. The Labute approximate surface area is 141 Å². The standard InChI is InChI=1S/C17H24FN3O3/c1-12(2)19-10-14-11-21(17(22)24-14)13-3-4-16(15(18)9-13)20-5-7-23-8-6-20/h3-4,9,12,14,19H,5-8,10-11H2,1-2H3/t14-/m0/s1. The highest BCUT2D eigenvalue weighted by Gasteiger charge is 2.32. The molecular formula is C17H24FN3O3. The van der Waals surface area contributed by atoms with Crippen molar-refractivity contribution in [3.8, 4) is 0 Å². The van der Waals surface area contributed by atoms with Gasteiger partial charge in [0, 0.05) is 25.7 Å². The van der Waals surface area contributed by atoms with Crippen LogP contribution in [0.15, 0.2) is 18.2 Å². The molecule has 0 saturated carbocycles. The molecule has 1 N–H and O–H groups in total. The summed E-state index contributed by atoms with van der Waals surface area (Å²) in [7, 11) is 0.